The number of hydrogen-bond donors (Lipinski definition) is 1. The van der Waals surface area contributed by atoms with Crippen molar-refractivity contribution in [3.63, 3.8) is 0 Å². The van der Waals surface area contributed by atoms with Crippen LogP contribution in [0.15, 0.2) is 46.1 Å². The van der Waals surface area contributed by atoms with Crippen molar-refractivity contribution in [3.05, 3.63) is 53.3 Å². The molecule has 1 saturated carbocycles. The van der Waals surface area contributed by atoms with E-state index in [1.807, 2.05) is 12.1 Å². The van der Waals surface area contributed by atoms with Crippen molar-refractivity contribution in [2.45, 2.75) is 50.3 Å². The molecule has 1 aliphatic rings. The summed E-state index contributed by atoms with van der Waals surface area (Å²) in [6.07, 6.45) is 3.06. The van der Waals surface area contributed by atoms with Crippen LogP contribution < -0.4 is 5.14 Å². The van der Waals surface area contributed by atoms with Gasteiger partial charge in [-0.15, -0.1) is 0 Å². The Kier molecular flexibility index (Phi) is 4.71. The molecular formula is C18H22N2O4S. The molecule has 0 spiro atoms. The second-order valence-electron chi connectivity index (χ2n) is 6.76. The number of nitrogens with two attached hydrogens (primary N) is 1. The standard InChI is InChI=1S/C18H22N2O4S/c1-12(2)14-5-3-13(4-6-14)10-20(16-7-8-16)18(21)15-9-17(24-11-15)25(19,22)23/h3-6,9,11-12,16H,7-8,10H2,1-2H3,(H2,19,22,23). The van der Waals surface area contributed by atoms with Crippen LogP contribution in [-0.4, -0.2) is 25.3 Å². The van der Waals surface area contributed by atoms with E-state index in [4.69, 9.17) is 9.56 Å². The molecule has 0 atom stereocenters. The molecule has 6 nitrogen and oxygen atoms in total. The molecule has 3 rings (SSSR count). The highest BCUT2D eigenvalue weighted by Crippen LogP contribution is 2.30. The van der Waals surface area contributed by atoms with Crippen LogP contribution in [0.2, 0.25) is 0 Å². The molecule has 0 saturated heterocycles. The highest BCUT2D eigenvalue weighted by molar-refractivity contribution is 7.89. The normalized spacial score (nSPS) is 14.7. The van der Waals surface area contributed by atoms with Gasteiger partial charge in [-0.2, -0.15) is 0 Å². The van der Waals surface area contributed by atoms with Crippen LogP contribution in [0.1, 0.15) is 54.1 Å². The quantitative estimate of drug-likeness (QED) is 0.855. The number of hydrogen-bond acceptors (Lipinski definition) is 4. The molecule has 1 aromatic carbocycles. The summed E-state index contributed by atoms with van der Waals surface area (Å²) in [6.45, 7) is 4.76. The summed E-state index contributed by atoms with van der Waals surface area (Å²) in [5.41, 5.74) is 2.50. The lowest BCUT2D eigenvalue weighted by Crippen LogP contribution is -2.32. The van der Waals surface area contributed by atoms with Gasteiger partial charge in [0.15, 0.2) is 0 Å². The number of carbonyl (C=O) groups excluding carboxylic acids is 1. The smallest absolute Gasteiger partial charge is 0.271 e. The Morgan fingerprint density at radius 3 is 2.40 bits per heavy atom. The second kappa shape index (κ2) is 6.65. The summed E-state index contributed by atoms with van der Waals surface area (Å²) < 4.78 is 27.6. The summed E-state index contributed by atoms with van der Waals surface area (Å²) in [6, 6.07) is 9.59. The minimum absolute atomic E-state index is 0.185. The predicted molar refractivity (Wildman–Crippen MR) is 93.5 cm³/mol. The third-order valence-corrected chi connectivity index (χ3v) is 5.13. The van der Waals surface area contributed by atoms with E-state index in [9.17, 15) is 13.2 Å². The first-order valence-corrected chi connectivity index (χ1v) is 9.81. The fraction of sp³-hybridized carbons (Fsp3) is 0.389. The molecule has 2 N–H and O–H groups in total. The lowest BCUT2D eigenvalue weighted by atomic mass is 10.0. The zero-order chi connectivity index (χ0) is 18.2. The van der Waals surface area contributed by atoms with Crippen LogP contribution >= 0.6 is 0 Å². The lowest BCUT2D eigenvalue weighted by Gasteiger charge is -2.22. The van der Waals surface area contributed by atoms with Gasteiger partial charge in [-0.3, -0.25) is 4.79 Å². The Balaban J connectivity index is 1.79. The molecule has 1 aliphatic carbocycles. The van der Waals surface area contributed by atoms with Crippen molar-refractivity contribution in [1.82, 2.24) is 4.90 Å². The van der Waals surface area contributed by atoms with Crippen molar-refractivity contribution in [2.75, 3.05) is 0 Å². The summed E-state index contributed by atoms with van der Waals surface area (Å²) >= 11 is 0. The van der Waals surface area contributed by atoms with Crippen LogP contribution in [0.3, 0.4) is 0 Å². The van der Waals surface area contributed by atoms with Crippen LogP contribution in [0.5, 0.6) is 0 Å². The van der Waals surface area contributed by atoms with E-state index in [1.165, 1.54) is 11.6 Å². The van der Waals surface area contributed by atoms with Crippen molar-refractivity contribution in [2.24, 2.45) is 5.14 Å². The van der Waals surface area contributed by atoms with Crippen molar-refractivity contribution < 1.29 is 17.6 Å². The molecule has 0 bridgehead atoms. The molecule has 0 aliphatic heterocycles. The zero-order valence-corrected chi connectivity index (χ0v) is 15.1. The molecule has 25 heavy (non-hydrogen) atoms. The molecule has 2 aromatic rings. The summed E-state index contributed by atoms with van der Waals surface area (Å²) in [4.78, 5) is 14.5. The Morgan fingerprint density at radius 2 is 1.92 bits per heavy atom. The van der Waals surface area contributed by atoms with E-state index < -0.39 is 15.1 Å². The molecule has 1 fully saturated rings. The highest BCUT2D eigenvalue weighted by atomic mass is 32.2. The molecule has 1 aromatic heterocycles. The number of rotatable bonds is 6. The fourth-order valence-corrected chi connectivity index (χ4v) is 3.17. The summed E-state index contributed by atoms with van der Waals surface area (Å²) in [7, 11) is -3.96. The van der Waals surface area contributed by atoms with E-state index in [2.05, 4.69) is 26.0 Å². The zero-order valence-electron chi connectivity index (χ0n) is 14.3. The van der Waals surface area contributed by atoms with Crippen LogP contribution in [0.25, 0.3) is 0 Å². The van der Waals surface area contributed by atoms with Gasteiger partial charge in [0.25, 0.3) is 15.9 Å². The summed E-state index contributed by atoms with van der Waals surface area (Å²) in [5.74, 6) is 0.215. The Hall–Kier alpha value is -2.12. The fourth-order valence-electron chi connectivity index (χ4n) is 2.70. The number of sulfonamides is 1. The van der Waals surface area contributed by atoms with Gasteiger partial charge >= 0.3 is 0 Å². The number of primary sulfonamides is 1. The third kappa shape index (κ3) is 4.11. The molecule has 1 heterocycles. The highest BCUT2D eigenvalue weighted by Gasteiger charge is 2.34. The van der Waals surface area contributed by atoms with E-state index in [1.54, 1.807) is 4.90 Å². The number of amides is 1. The van der Waals surface area contributed by atoms with Crippen molar-refractivity contribution >= 4 is 15.9 Å². The Labute approximate surface area is 147 Å². The van der Waals surface area contributed by atoms with Gasteiger partial charge < -0.3 is 9.32 Å². The summed E-state index contributed by atoms with van der Waals surface area (Å²) in [5, 5.41) is 4.64. The maximum absolute atomic E-state index is 12.8. The average molecular weight is 362 g/mol. The van der Waals surface area contributed by atoms with Crippen molar-refractivity contribution in [3.8, 4) is 0 Å². The topological polar surface area (TPSA) is 93.6 Å². The van der Waals surface area contributed by atoms with E-state index in [0.717, 1.165) is 24.7 Å². The maximum atomic E-state index is 12.8. The monoisotopic (exact) mass is 362 g/mol. The van der Waals surface area contributed by atoms with Gasteiger partial charge in [-0.25, -0.2) is 13.6 Å². The first-order valence-electron chi connectivity index (χ1n) is 8.27. The number of furan rings is 1. The molecular weight excluding hydrogens is 340 g/mol. The Morgan fingerprint density at radius 1 is 1.28 bits per heavy atom. The molecule has 0 radical (unpaired) electrons. The van der Waals surface area contributed by atoms with E-state index in [0.29, 0.717) is 12.5 Å². The molecule has 7 heteroatoms. The van der Waals surface area contributed by atoms with E-state index >= 15 is 0 Å². The van der Waals surface area contributed by atoms with Gasteiger partial charge in [0, 0.05) is 18.7 Å². The first-order chi connectivity index (χ1) is 11.8. The SMILES string of the molecule is CC(C)c1ccc(CN(C(=O)c2coc(S(N)(=O)=O)c2)C2CC2)cc1. The van der Waals surface area contributed by atoms with Gasteiger partial charge in [-0.1, -0.05) is 38.1 Å². The second-order valence-corrected chi connectivity index (χ2v) is 8.25. The van der Waals surface area contributed by atoms with Gasteiger partial charge in [0.05, 0.1) is 5.56 Å². The minimum atomic E-state index is -3.96. The van der Waals surface area contributed by atoms with Crippen LogP contribution in [-0.2, 0) is 16.6 Å². The third-order valence-electron chi connectivity index (χ3n) is 4.35. The maximum Gasteiger partial charge on any atom is 0.271 e. The number of nitrogens with zero attached hydrogens (tertiary/aromatic N) is 1. The minimum Gasteiger partial charge on any atom is -0.451 e. The van der Waals surface area contributed by atoms with Gasteiger partial charge in [-0.05, 0) is 29.9 Å². The van der Waals surface area contributed by atoms with Gasteiger partial charge in [0.1, 0.15) is 6.26 Å². The molecule has 1 amide bonds. The molecule has 134 valence electrons. The van der Waals surface area contributed by atoms with E-state index in [-0.39, 0.29) is 17.5 Å². The van der Waals surface area contributed by atoms with Gasteiger partial charge in [0.2, 0.25) is 5.09 Å². The number of carbonyl (C=O) groups is 1. The number of benzene rings is 1. The van der Waals surface area contributed by atoms with Crippen LogP contribution in [0, 0.1) is 0 Å². The first kappa shape index (κ1) is 17.7. The predicted octanol–water partition coefficient (Wildman–Crippen LogP) is 2.86. The largest absolute Gasteiger partial charge is 0.451 e. The van der Waals surface area contributed by atoms with Crippen molar-refractivity contribution in [1.29, 1.82) is 0 Å². The average Bonchev–Trinajstić information content (AvgIpc) is 3.26. The lowest BCUT2D eigenvalue weighted by molar-refractivity contribution is 0.0729. The molecule has 0 unspecified atom stereocenters. The Bertz CT molecular complexity index is 865. The van der Waals surface area contributed by atoms with Crippen LogP contribution in [0.4, 0.5) is 0 Å².